The first kappa shape index (κ1) is 19.1. The van der Waals surface area contributed by atoms with Gasteiger partial charge in [0.2, 0.25) is 0 Å². The SMILES string of the molecule is CCCC(F)(F)c1cccc(-c2nc3nccc(C(=O)Nc4nccs4)c3[nH]2)c1. The first-order valence-corrected chi connectivity index (χ1v) is 9.90. The number of aromatic nitrogens is 4. The van der Waals surface area contributed by atoms with Crippen LogP contribution in [-0.4, -0.2) is 25.8 Å². The third-order valence-corrected chi connectivity index (χ3v) is 5.10. The average molecular weight is 413 g/mol. The Bertz CT molecular complexity index is 1160. The van der Waals surface area contributed by atoms with Crippen LogP contribution >= 0.6 is 11.3 Å². The van der Waals surface area contributed by atoms with E-state index in [1.165, 1.54) is 29.7 Å². The van der Waals surface area contributed by atoms with Gasteiger partial charge in [-0.15, -0.1) is 11.3 Å². The number of thiazole rings is 1. The Morgan fingerprint density at radius 3 is 2.86 bits per heavy atom. The van der Waals surface area contributed by atoms with Crippen LogP contribution in [-0.2, 0) is 5.92 Å². The van der Waals surface area contributed by atoms with E-state index in [-0.39, 0.29) is 17.9 Å². The summed E-state index contributed by atoms with van der Waals surface area (Å²) in [4.78, 5) is 28.3. The minimum absolute atomic E-state index is 0.0630. The van der Waals surface area contributed by atoms with E-state index in [0.29, 0.717) is 39.7 Å². The van der Waals surface area contributed by atoms with E-state index in [1.54, 1.807) is 36.7 Å². The topological polar surface area (TPSA) is 83.6 Å². The molecule has 0 aliphatic rings. The standard InChI is InChI=1S/C20H17F2N5OS/c1-2-7-20(21,22)13-5-3-4-12(11-13)16-25-15-14(6-8-23-17(15)26-16)18(28)27-19-24-9-10-29-19/h3-6,8-11H,2,7H2,1H3,(H,23,25,26)(H,24,27,28). The van der Waals surface area contributed by atoms with E-state index in [4.69, 9.17) is 0 Å². The minimum Gasteiger partial charge on any atom is -0.336 e. The van der Waals surface area contributed by atoms with Gasteiger partial charge in [-0.2, -0.15) is 0 Å². The number of amides is 1. The molecule has 0 radical (unpaired) electrons. The number of H-pyrrole nitrogens is 1. The highest BCUT2D eigenvalue weighted by Gasteiger charge is 2.30. The zero-order valence-electron chi connectivity index (χ0n) is 15.4. The summed E-state index contributed by atoms with van der Waals surface area (Å²) >= 11 is 1.31. The normalized spacial score (nSPS) is 11.7. The zero-order valence-corrected chi connectivity index (χ0v) is 16.3. The molecule has 4 rings (SSSR count). The molecule has 0 aliphatic carbocycles. The molecule has 9 heteroatoms. The summed E-state index contributed by atoms with van der Waals surface area (Å²) in [5.41, 5.74) is 1.55. The van der Waals surface area contributed by atoms with E-state index in [0.717, 1.165) is 0 Å². The van der Waals surface area contributed by atoms with Gasteiger partial charge >= 0.3 is 0 Å². The molecule has 0 atom stereocenters. The number of rotatable bonds is 6. The van der Waals surface area contributed by atoms with Gasteiger partial charge in [0.15, 0.2) is 10.8 Å². The number of fused-ring (bicyclic) bond motifs is 1. The summed E-state index contributed by atoms with van der Waals surface area (Å²) in [5, 5.41) is 4.95. The number of carbonyl (C=O) groups excluding carboxylic acids is 1. The van der Waals surface area contributed by atoms with Crippen molar-refractivity contribution in [3.8, 4) is 11.4 Å². The van der Waals surface area contributed by atoms with Crippen molar-refractivity contribution in [3.05, 3.63) is 59.2 Å². The third kappa shape index (κ3) is 3.86. The van der Waals surface area contributed by atoms with Crippen molar-refractivity contribution in [1.29, 1.82) is 0 Å². The second kappa shape index (κ2) is 7.67. The zero-order chi connectivity index (χ0) is 20.4. The molecule has 0 spiro atoms. The molecule has 0 saturated carbocycles. The van der Waals surface area contributed by atoms with Crippen LogP contribution in [0.2, 0.25) is 0 Å². The largest absolute Gasteiger partial charge is 0.336 e. The lowest BCUT2D eigenvalue weighted by molar-refractivity contribution is -0.0139. The van der Waals surface area contributed by atoms with Crippen LogP contribution < -0.4 is 5.32 Å². The highest BCUT2D eigenvalue weighted by molar-refractivity contribution is 7.13. The Morgan fingerprint density at radius 2 is 2.10 bits per heavy atom. The number of imidazole rings is 1. The molecule has 2 N–H and O–H groups in total. The van der Waals surface area contributed by atoms with E-state index in [9.17, 15) is 13.6 Å². The molecule has 4 aromatic rings. The molecular formula is C20H17F2N5OS. The van der Waals surface area contributed by atoms with E-state index in [2.05, 4.69) is 25.3 Å². The smallest absolute Gasteiger partial charge is 0.273 e. The molecule has 1 aromatic carbocycles. The lowest BCUT2D eigenvalue weighted by Gasteiger charge is -2.16. The number of aromatic amines is 1. The maximum atomic E-state index is 14.3. The second-order valence-corrected chi connectivity index (χ2v) is 7.36. The fraction of sp³-hybridized carbons (Fsp3) is 0.200. The Kier molecular flexibility index (Phi) is 5.06. The lowest BCUT2D eigenvalue weighted by atomic mass is 10.0. The number of hydrogen-bond donors (Lipinski definition) is 2. The van der Waals surface area contributed by atoms with E-state index >= 15 is 0 Å². The van der Waals surface area contributed by atoms with Gasteiger partial charge in [-0.25, -0.2) is 23.7 Å². The number of pyridine rings is 1. The van der Waals surface area contributed by atoms with Gasteiger partial charge in [-0.05, 0) is 12.1 Å². The number of nitrogens with one attached hydrogen (secondary N) is 2. The van der Waals surface area contributed by atoms with Gasteiger partial charge in [-0.3, -0.25) is 10.1 Å². The van der Waals surface area contributed by atoms with Crippen LogP contribution in [0.5, 0.6) is 0 Å². The minimum atomic E-state index is -2.91. The number of anilines is 1. The Hall–Kier alpha value is -3.20. The number of alkyl halides is 2. The Morgan fingerprint density at radius 1 is 1.24 bits per heavy atom. The van der Waals surface area contributed by atoms with Gasteiger partial charge in [0, 0.05) is 35.3 Å². The molecule has 148 valence electrons. The molecule has 0 saturated heterocycles. The number of benzene rings is 1. The van der Waals surface area contributed by atoms with Gasteiger partial charge in [-0.1, -0.05) is 31.5 Å². The highest BCUT2D eigenvalue weighted by atomic mass is 32.1. The van der Waals surface area contributed by atoms with Crippen LogP contribution in [0.4, 0.5) is 13.9 Å². The van der Waals surface area contributed by atoms with Crippen molar-refractivity contribution >= 4 is 33.5 Å². The average Bonchev–Trinajstić information content (AvgIpc) is 3.37. The number of nitrogens with zero attached hydrogens (tertiary/aromatic N) is 3. The lowest BCUT2D eigenvalue weighted by Crippen LogP contribution is -2.12. The molecule has 0 unspecified atom stereocenters. The number of halogens is 2. The summed E-state index contributed by atoms with van der Waals surface area (Å²) < 4.78 is 28.6. The fourth-order valence-corrected chi connectivity index (χ4v) is 3.56. The third-order valence-electron chi connectivity index (χ3n) is 4.41. The van der Waals surface area contributed by atoms with Crippen LogP contribution in [0.15, 0.2) is 48.1 Å². The summed E-state index contributed by atoms with van der Waals surface area (Å²) in [5.74, 6) is -2.89. The monoisotopic (exact) mass is 413 g/mol. The van der Waals surface area contributed by atoms with Crippen molar-refractivity contribution in [2.45, 2.75) is 25.7 Å². The van der Waals surface area contributed by atoms with Gasteiger partial charge in [0.05, 0.1) is 11.1 Å². The van der Waals surface area contributed by atoms with Crippen LogP contribution in [0, 0.1) is 0 Å². The second-order valence-electron chi connectivity index (χ2n) is 6.47. The predicted octanol–water partition coefficient (Wildman–Crippen LogP) is 5.23. The van der Waals surface area contributed by atoms with E-state index in [1.807, 2.05) is 0 Å². The summed E-state index contributed by atoms with van der Waals surface area (Å²) in [7, 11) is 0. The van der Waals surface area contributed by atoms with Crippen molar-refractivity contribution in [1.82, 2.24) is 19.9 Å². The van der Waals surface area contributed by atoms with Crippen LogP contribution in [0.3, 0.4) is 0 Å². The Labute approximate surface area is 169 Å². The quantitative estimate of drug-likeness (QED) is 0.454. The first-order chi connectivity index (χ1) is 14.0. The molecule has 0 bridgehead atoms. The summed E-state index contributed by atoms with van der Waals surface area (Å²) in [6, 6.07) is 7.66. The van der Waals surface area contributed by atoms with Gasteiger partial charge in [0.25, 0.3) is 11.8 Å². The number of hydrogen-bond acceptors (Lipinski definition) is 5. The Balaban J connectivity index is 1.71. The highest BCUT2D eigenvalue weighted by Crippen LogP contribution is 2.34. The van der Waals surface area contributed by atoms with Gasteiger partial charge in [0.1, 0.15) is 5.82 Å². The predicted molar refractivity (Wildman–Crippen MR) is 108 cm³/mol. The molecule has 1 amide bonds. The maximum absolute atomic E-state index is 14.3. The molecule has 3 heterocycles. The summed E-state index contributed by atoms with van der Waals surface area (Å²) in [6.07, 6.45) is 3.23. The van der Waals surface area contributed by atoms with Crippen molar-refractivity contribution < 1.29 is 13.6 Å². The molecule has 0 aliphatic heterocycles. The van der Waals surface area contributed by atoms with Crippen LogP contribution in [0.1, 0.15) is 35.7 Å². The molecule has 0 fully saturated rings. The molecule has 6 nitrogen and oxygen atoms in total. The van der Waals surface area contributed by atoms with E-state index < -0.39 is 5.92 Å². The van der Waals surface area contributed by atoms with Crippen molar-refractivity contribution in [2.75, 3.05) is 5.32 Å². The molecular weight excluding hydrogens is 396 g/mol. The number of carbonyl (C=O) groups is 1. The van der Waals surface area contributed by atoms with Crippen molar-refractivity contribution in [2.24, 2.45) is 0 Å². The first-order valence-electron chi connectivity index (χ1n) is 9.02. The molecule has 3 aromatic heterocycles. The van der Waals surface area contributed by atoms with Crippen molar-refractivity contribution in [3.63, 3.8) is 0 Å². The van der Waals surface area contributed by atoms with Crippen LogP contribution in [0.25, 0.3) is 22.6 Å². The fourth-order valence-electron chi connectivity index (χ4n) is 3.04. The summed E-state index contributed by atoms with van der Waals surface area (Å²) in [6.45, 7) is 1.72. The maximum Gasteiger partial charge on any atom is 0.273 e. The van der Waals surface area contributed by atoms with Gasteiger partial charge < -0.3 is 4.98 Å². The molecule has 29 heavy (non-hydrogen) atoms.